The van der Waals surface area contributed by atoms with E-state index in [0.717, 1.165) is 22.3 Å². The highest BCUT2D eigenvalue weighted by Crippen LogP contribution is 2.46. The number of hydrogen-bond donors (Lipinski definition) is 2. The first-order valence-corrected chi connectivity index (χ1v) is 14.5. The molecule has 42 heavy (non-hydrogen) atoms. The number of ether oxygens (including phenoxy) is 2. The summed E-state index contributed by atoms with van der Waals surface area (Å²) in [6.45, 7) is 5.16. The number of rotatable bonds is 7. The maximum atomic E-state index is 13.9. The Hall–Kier alpha value is -3.69. The first-order valence-electron chi connectivity index (χ1n) is 14.5. The maximum Gasteiger partial charge on any atom is 0.410 e. The number of carboxylic acids is 1. The van der Waals surface area contributed by atoms with E-state index in [4.69, 9.17) is 9.47 Å². The van der Waals surface area contributed by atoms with Gasteiger partial charge in [-0.1, -0.05) is 48.5 Å². The van der Waals surface area contributed by atoms with Gasteiger partial charge in [-0.3, -0.25) is 4.90 Å². The molecule has 0 bridgehead atoms. The summed E-state index contributed by atoms with van der Waals surface area (Å²) in [7, 11) is 0. The fourth-order valence-corrected chi connectivity index (χ4v) is 6.48. The highest BCUT2D eigenvalue weighted by atomic mass is 19.3. The van der Waals surface area contributed by atoms with Gasteiger partial charge in [0.2, 0.25) is 5.92 Å². The highest BCUT2D eigenvalue weighted by molar-refractivity contribution is 5.86. The topological polar surface area (TPSA) is 105 Å². The average Bonchev–Trinajstić information content (AvgIpc) is 3.21. The third-order valence-corrected chi connectivity index (χ3v) is 8.64. The fraction of sp³-hybridized carbons (Fsp3) is 0.531. The largest absolute Gasteiger partial charge is 0.479 e. The van der Waals surface area contributed by atoms with E-state index < -0.39 is 41.3 Å². The lowest BCUT2D eigenvalue weighted by molar-refractivity contribution is -0.160. The molecule has 0 radical (unpaired) electrons. The monoisotopic (exact) mass is 584 g/mol. The predicted molar refractivity (Wildman–Crippen MR) is 151 cm³/mol. The number of hydrogen-bond acceptors (Lipinski definition) is 5. The first-order chi connectivity index (χ1) is 19.8. The summed E-state index contributed by atoms with van der Waals surface area (Å²) in [5.41, 5.74) is 1.80. The summed E-state index contributed by atoms with van der Waals surface area (Å²) in [4.78, 5) is 40.0. The van der Waals surface area contributed by atoms with Crippen molar-refractivity contribution in [3.05, 3.63) is 59.7 Å². The van der Waals surface area contributed by atoms with Crippen molar-refractivity contribution in [2.45, 2.75) is 88.3 Å². The van der Waals surface area contributed by atoms with Gasteiger partial charge in [-0.05, 0) is 61.8 Å². The number of alkyl halides is 2. The van der Waals surface area contributed by atoms with Gasteiger partial charge in [0.1, 0.15) is 17.7 Å². The smallest absolute Gasteiger partial charge is 0.410 e. The molecule has 2 amide bonds. The Morgan fingerprint density at radius 2 is 1.52 bits per heavy atom. The summed E-state index contributed by atoms with van der Waals surface area (Å²) in [5.74, 6) is -4.49. The SMILES string of the molecule is CC(C)(C)OC(=O)NC1CC(C(=O)O)(N(CC2CCC(F)(F)CC2)C(=O)OCC2c3ccccc3-c3ccccc32)C1. The van der Waals surface area contributed by atoms with Crippen molar-refractivity contribution in [3.8, 4) is 11.1 Å². The number of benzene rings is 2. The number of fused-ring (bicyclic) bond motifs is 3. The molecule has 226 valence electrons. The molecule has 5 rings (SSSR count). The van der Waals surface area contributed by atoms with E-state index in [9.17, 15) is 28.3 Å². The van der Waals surface area contributed by atoms with Crippen LogP contribution in [-0.4, -0.2) is 64.4 Å². The summed E-state index contributed by atoms with van der Waals surface area (Å²) in [6.07, 6.45) is -1.83. The molecule has 0 spiro atoms. The van der Waals surface area contributed by atoms with E-state index in [-0.39, 0.29) is 63.5 Å². The van der Waals surface area contributed by atoms with Crippen molar-refractivity contribution < 1.29 is 37.7 Å². The first kappa shape index (κ1) is 29.8. The minimum absolute atomic E-state index is 0.00137. The Morgan fingerprint density at radius 1 is 0.976 bits per heavy atom. The van der Waals surface area contributed by atoms with Crippen LogP contribution in [0.1, 0.15) is 76.3 Å². The fourth-order valence-electron chi connectivity index (χ4n) is 6.48. The van der Waals surface area contributed by atoms with Crippen LogP contribution in [0.4, 0.5) is 18.4 Å². The molecular formula is C32H38F2N2O6. The molecule has 3 aliphatic rings. The van der Waals surface area contributed by atoms with Gasteiger partial charge < -0.3 is 19.9 Å². The van der Waals surface area contributed by atoms with Crippen LogP contribution in [0.3, 0.4) is 0 Å². The summed E-state index contributed by atoms with van der Waals surface area (Å²) >= 11 is 0. The Labute approximate surface area is 244 Å². The van der Waals surface area contributed by atoms with E-state index in [1.54, 1.807) is 20.8 Å². The molecule has 2 aromatic rings. The Balaban J connectivity index is 1.34. The van der Waals surface area contributed by atoms with E-state index in [0.29, 0.717) is 0 Å². The molecule has 0 saturated heterocycles. The minimum Gasteiger partial charge on any atom is -0.479 e. The lowest BCUT2D eigenvalue weighted by atomic mass is 9.70. The number of carboxylic acid groups (broad SMARTS) is 1. The number of amides is 2. The minimum atomic E-state index is -2.76. The molecule has 3 aliphatic carbocycles. The Kier molecular flexibility index (Phi) is 7.94. The van der Waals surface area contributed by atoms with Crippen LogP contribution in [0.15, 0.2) is 48.5 Å². The average molecular weight is 585 g/mol. The molecule has 2 aromatic carbocycles. The van der Waals surface area contributed by atoms with Gasteiger partial charge in [0.15, 0.2) is 0 Å². The molecule has 0 aromatic heterocycles. The van der Waals surface area contributed by atoms with Gasteiger partial charge in [0, 0.05) is 44.2 Å². The van der Waals surface area contributed by atoms with Crippen LogP contribution < -0.4 is 5.32 Å². The van der Waals surface area contributed by atoms with Crippen LogP contribution in [0, 0.1) is 5.92 Å². The van der Waals surface area contributed by atoms with Crippen LogP contribution in [0.2, 0.25) is 0 Å². The van der Waals surface area contributed by atoms with Crippen LogP contribution in [-0.2, 0) is 14.3 Å². The molecule has 2 fully saturated rings. The molecule has 0 aliphatic heterocycles. The summed E-state index contributed by atoms with van der Waals surface area (Å²) in [6, 6.07) is 15.3. The van der Waals surface area contributed by atoms with Gasteiger partial charge in [-0.2, -0.15) is 0 Å². The second kappa shape index (κ2) is 11.2. The van der Waals surface area contributed by atoms with Gasteiger partial charge in [-0.25, -0.2) is 23.2 Å². The molecule has 2 N–H and O–H groups in total. The number of nitrogens with zero attached hydrogens (tertiary/aromatic N) is 1. The number of halogens is 2. The quantitative estimate of drug-likeness (QED) is 0.381. The molecule has 0 atom stereocenters. The number of aliphatic carboxylic acids is 1. The zero-order chi connectivity index (χ0) is 30.3. The zero-order valence-electron chi connectivity index (χ0n) is 24.2. The van der Waals surface area contributed by atoms with Gasteiger partial charge in [0.05, 0.1) is 0 Å². The Morgan fingerprint density at radius 3 is 2.05 bits per heavy atom. The Bertz CT molecular complexity index is 1300. The highest BCUT2D eigenvalue weighted by Gasteiger charge is 2.58. The van der Waals surface area contributed by atoms with Crippen LogP contribution in [0.25, 0.3) is 11.1 Å². The van der Waals surface area contributed by atoms with Crippen molar-refractivity contribution in [2.24, 2.45) is 5.92 Å². The standard InChI is InChI=1S/C32H38F2N2O6/c1-30(2,3)42-28(39)35-21-16-31(17-21,27(37)38)36(18-20-12-14-32(33,34)15-13-20)29(40)41-19-26-24-10-6-4-8-22(24)23-9-5-7-11-25(23)26/h4-11,20-21,26H,12-19H2,1-3H3,(H,35,39)(H,37,38). The number of nitrogens with one attached hydrogen (secondary N) is 1. The lowest BCUT2D eigenvalue weighted by Gasteiger charge is -2.51. The van der Waals surface area contributed by atoms with Crippen molar-refractivity contribution in [1.82, 2.24) is 10.2 Å². The van der Waals surface area contributed by atoms with E-state index >= 15 is 0 Å². The number of carbonyl (C=O) groups is 3. The van der Waals surface area contributed by atoms with Crippen LogP contribution >= 0.6 is 0 Å². The van der Waals surface area contributed by atoms with Crippen molar-refractivity contribution in [2.75, 3.05) is 13.2 Å². The second-order valence-electron chi connectivity index (χ2n) is 12.8. The van der Waals surface area contributed by atoms with Gasteiger partial charge in [-0.15, -0.1) is 0 Å². The molecular weight excluding hydrogens is 546 g/mol. The predicted octanol–water partition coefficient (Wildman–Crippen LogP) is 6.57. The third-order valence-electron chi connectivity index (χ3n) is 8.64. The van der Waals surface area contributed by atoms with Crippen molar-refractivity contribution >= 4 is 18.2 Å². The van der Waals surface area contributed by atoms with Crippen molar-refractivity contribution in [1.29, 1.82) is 0 Å². The molecule has 8 nitrogen and oxygen atoms in total. The van der Waals surface area contributed by atoms with E-state index in [1.807, 2.05) is 48.5 Å². The summed E-state index contributed by atoms with van der Waals surface area (Å²) in [5, 5.41) is 13.1. The van der Waals surface area contributed by atoms with E-state index in [1.165, 1.54) is 4.90 Å². The third kappa shape index (κ3) is 6.08. The van der Waals surface area contributed by atoms with Crippen molar-refractivity contribution in [3.63, 3.8) is 0 Å². The molecule has 10 heteroatoms. The van der Waals surface area contributed by atoms with Crippen LogP contribution in [0.5, 0.6) is 0 Å². The number of carbonyl (C=O) groups excluding carboxylic acids is 2. The second-order valence-corrected chi connectivity index (χ2v) is 12.8. The van der Waals surface area contributed by atoms with E-state index in [2.05, 4.69) is 5.32 Å². The maximum absolute atomic E-state index is 13.9. The summed E-state index contributed by atoms with van der Waals surface area (Å²) < 4.78 is 38.9. The lowest BCUT2D eigenvalue weighted by Crippen LogP contribution is -2.69. The number of alkyl carbamates (subject to hydrolysis) is 1. The van der Waals surface area contributed by atoms with Gasteiger partial charge >= 0.3 is 18.2 Å². The van der Waals surface area contributed by atoms with Gasteiger partial charge in [0.25, 0.3) is 0 Å². The molecule has 2 saturated carbocycles. The molecule has 0 heterocycles. The normalized spacial score (nSPS) is 23.2. The molecule has 0 unspecified atom stereocenters. The zero-order valence-corrected chi connectivity index (χ0v) is 24.2.